The number of hydrogen-bond donors (Lipinski definition) is 5. The van der Waals surface area contributed by atoms with Crippen LogP contribution in [0.25, 0.3) is 22.3 Å². The number of anilines is 2. The Labute approximate surface area is 222 Å². The first-order chi connectivity index (χ1) is 18.5. The maximum atomic E-state index is 10.7. The number of phenolic OH excluding ortho intramolecular Hbond substituents is 1. The lowest BCUT2D eigenvalue weighted by Gasteiger charge is -2.15. The molecule has 0 unspecified atom stereocenters. The Kier molecular flexibility index (Phi) is 8.98. The number of ether oxygens (including phenoxy) is 1. The highest BCUT2D eigenvalue weighted by Crippen LogP contribution is 2.35. The first kappa shape index (κ1) is 26.7. The average Bonchev–Trinajstić information content (AvgIpc) is 2.94. The molecule has 4 aromatic rings. The van der Waals surface area contributed by atoms with Crippen molar-refractivity contribution >= 4 is 17.8 Å². The fraction of sp³-hybridized carbons (Fsp3) is 0.194. The molecule has 7 nitrogen and oxygen atoms in total. The van der Waals surface area contributed by atoms with E-state index in [1.807, 2.05) is 49.4 Å². The summed E-state index contributed by atoms with van der Waals surface area (Å²) in [6, 6.07) is 27.1. The summed E-state index contributed by atoms with van der Waals surface area (Å²) in [5, 5.41) is 25.9. The van der Waals surface area contributed by atoms with Crippen molar-refractivity contribution < 1.29 is 19.7 Å². The third kappa shape index (κ3) is 6.51. The average molecular weight is 512 g/mol. The van der Waals surface area contributed by atoms with Crippen LogP contribution in [0.1, 0.15) is 24.2 Å². The van der Waals surface area contributed by atoms with E-state index in [1.165, 1.54) is 6.07 Å². The van der Waals surface area contributed by atoms with Crippen molar-refractivity contribution in [2.75, 3.05) is 30.7 Å². The minimum Gasteiger partial charge on any atom is -0.506 e. The maximum Gasteiger partial charge on any atom is 0.211 e. The monoisotopic (exact) mass is 511 g/mol. The van der Waals surface area contributed by atoms with Crippen molar-refractivity contribution in [1.29, 1.82) is 0 Å². The van der Waals surface area contributed by atoms with Gasteiger partial charge in [-0.2, -0.15) is 0 Å². The second-order valence-corrected chi connectivity index (χ2v) is 8.93. The first-order valence-electron chi connectivity index (χ1n) is 12.6. The van der Waals surface area contributed by atoms with Crippen LogP contribution < -0.4 is 21.1 Å². The van der Waals surface area contributed by atoms with Crippen LogP contribution in [0.4, 0.5) is 11.4 Å². The van der Waals surface area contributed by atoms with Crippen LogP contribution in [0.15, 0.2) is 84.9 Å². The standard InChI is InChI=1S/C31H33N3O4/c1-2-38-31-13-11-23(16-26(31)21-6-4-3-5-7-21)24-9-8-22(27(32)17-24)14-15-33-19-30(37)25-10-12-29(36)28(18-25)34-20-35/h3-13,16-18,20,30,33,36-37H,2,14-15,19,32H2,1H3,(H,34,35)/t30-/m0/s1. The van der Waals surface area contributed by atoms with Crippen molar-refractivity contribution in [1.82, 2.24) is 5.32 Å². The smallest absolute Gasteiger partial charge is 0.211 e. The largest absolute Gasteiger partial charge is 0.506 e. The van der Waals surface area contributed by atoms with Gasteiger partial charge in [0.15, 0.2) is 0 Å². The molecule has 0 radical (unpaired) electrons. The Morgan fingerprint density at radius 1 is 0.947 bits per heavy atom. The molecule has 4 aromatic carbocycles. The molecular weight excluding hydrogens is 478 g/mol. The summed E-state index contributed by atoms with van der Waals surface area (Å²) >= 11 is 0. The minimum absolute atomic E-state index is 0.0542. The zero-order valence-corrected chi connectivity index (χ0v) is 21.4. The minimum atomic E-state index is -0.791. The molecule has 7 heteroatoms. The van der Waals surface area contributed by atoms with Crippen LogP contribution in [-0.4, -0.2) is 36.3 Å². The molecule has 0 bridgehead atoms. The molecule has 196 valence electrons. The van der Waals surface area contributed by atoms with E-state index in [-0.39, 0.29) is 11.4 Å². The Morgan fingerprint density at radius 2 is 1.71 bits per heavy atom. The van der Waals surface area contributed by atoms with E-state index >= 15 is 0 Å². The number of rotatable bonds is 12. The summed E-state index contributed by atoms with van der Waals surface area (Å²) < 4.78 is 5.87. The number of aliphatic hydroxyl groups excluding tert-OH is 1. The molecule has 6 N–H and O–H groups in total. The zero-order chi connectivity index (χ0) is 26.9. The molecule has 0 aliphatic carbocycles. The summed E-state index contributed by atoms with van der Waals surface area (Å²) in [6.45, 7) is 3.52. The lowest BCUT2D eigenvalue weighted by molar-refractivity contribution is -0.105. The number of carbonyl (C=O) groups is 1. The predicted molar refractivity (Wildman–Crippen MR) is 152 cm³/mol. The molecule has 0 spiro atoms. The van der Waals surface area contributed by atoms with Gasteiger partial charge in [0.2, 0.25) is 6.41 Å². The number of carbonyl (C=O) groups excluding carboxylic acids is 1. The Hall–Kier alpha value is -4.33. The first-order valence-corrected chi connectivity index (χ1v) is 12.6. The molecular formula is C31H33N3O4. The second-order valence-electron chi connectivity index (χ2n) is 8.93. The van der Waals surface area contributed by atoms with Crippen molar-refractivity contribution in [3.8, 4) is 33.8 Å². The quantitative estimate of drug-likeness (QED) is 0.0778. The zero-order valence-electron chi connectivity index (χ0n) is 21.4. The normalized spacial score (nSPS) is 11.6. The van der Waals surface area contributed by atoms with E-state index in [2.05, 4.69) is 34.9 Å². The lowest BCUT2D eigenvalue weighted by atomic mass is 9.96. The summed E-state index contributed by atoms with van der Waals surface area (Å²) in [6.07, 6.45) is 0.392. The van der Waals surface area contributed by atoms with E-state index in [0.717, 1.165) is 33.6 Å². The number of amides is 1. The van der Waals surface area contributed by atoms with Gasteiger partial charge in [0.1, 0.15) is 11.5 Å². The van der Waals surface area contributed by atoms with Gasteiger partial charge in [-0.1, -0.05) is 54.6 Å². The van der Waals surface area contributed by atoms with Gasteiger partial charge in [-0.05, 0) is 78.0 Å². The van der Waals surface area contributed by atoms with Gasteiger partial charge in [0, 0.05) is 17.8 Å². The number of nitrogen functional groups attached to an aromatic ring is 1. The second kappa shape index (κ2) is 12.8. The molecule has 4 rings (SSSR count). The molecule has 0 fully saturated rings. The third-order valence-electron chi connectivity index (χ3n) is 6.37. The number of nitrogens with two attached hydrogens (primary N) is 1. The van der Waals surface area contributed by atoms with Gasteiger partial charge in [-0.15, -0.1) is 0 Å². The van der Waals surface area contributed by atoms with Gasteiger partial charge in [-0.25, -0.2) is 0 Å². The maximum absolute atomic E-state index is 10.7. The lowest BCUT2D eigenvalue weighted by Crippen LogP contribution is -2.24. The van der Waals surface area contributed by atoms with Crippen LogP contribution in [0, 0.1) is 0 Å². The van der Waals surface area contributed by atoms with E-state index < -0.39 is 6.10 Å². The van der Waals surface area contributed by atoms with Gasteiger partial charge in [-0.3, -0.25) is 4.79 Å². The Bertz CT molecular complexity index is 1380. The highest BCUT2D eigenvalue weighted by molar-refractivity contribution is 5.79. The SMILES string of the molecule is CCOc1ccc(-c2ccc(CCNC[C@H](O)c3ccc(O)c(NC=O)c3)c(N)c2)cc1-c1ccccc1. The predicted octanol–water partition coefficient (Wildman–Crippen LogP) is 5.14. The highest BCUT2D eigenvalue weighted by Gasteiger charge is 2.12. The molecule has 0 aromatic heterocycles. The molecule has 1 amide bonds. The molecule has 0 aliphatic rings. The topological polar surface area (TPSA) is 117 Å². The van der Waals surface area contributed by atoms with Gasteiger partial charge >= 0.3 is 0 Å². The molecule has 38 heavy (non-hydrogen) atoms. The molecule has 0 saturated heterocycles. The Balaban J connectivity index is 1.40. The number of hydrogen-bond acceptors (Lipinski definition) is 6. The Morgan fingerprint density at radius 3 is 2.45 bits per heavy atom. The molecule has 1 atom stereocenters. The van der Waals surface area contributed by atoms with Gasteiger partial charge in [0.05, 0.1) is 18.4 Å². The molecule has 0 heterocycles. The van der Waals surface area contributed by atoms with Crippen LogP contribution in [0.3, 0.4) is 0 Å². The number of nitrogens with one attached hydrogen (secondary N) is 2. The van der Waals surface area contributed by atoms with Crippen molar-refractivity contribution in [3.05, 3.63) is 96.1 Å². The van der Waals surface area contributed by atoms with E-state index in [0.29, 0.717) is 43.8 Å². The number of phenols is 1. The fourth-order valence-corrected chi connectivity index (χ4v) is 4.36. The number of aromatic hydroxyl groups is 1. The summed E-state index contributed by atoms with van der Waals surface area (Å²) in [5.74, 6) is 0.797. The van der Waals surface area contributed by atoms with Crippen molar-refractivity contribution in [2.45, 2.75) is 19.4 Å². The summed E-state index contributed by atoms with van der Waals surface area (Å²) in [4.78, 5) is 10.7. The van der Waals surface area contributed by atoms with E-state index in [9.17, 15) is 15.0 Å². The van der Waals surface area contributed by atoms with Crippen molar-refractivity contribution in [2.24, 2.45) is 0 Å². The van der Waals surface area contributed by atoms with Crippen LogP contribution >= 0.6 is 0 Å². The van der Waals surface area contributed by atoms with Gasteiger partial charge < -0.3 is 31.3 Å². The summed E-state index contributed by atoms with van der Waals surface area (Å²) in [5.41, 5.74) is 13.2. The molecule has 0 aliphatic heterocycles. The van der Waals surface area contributed by atoms with E-state index in [4.69, 9.17) is 10.5 Å². The van der Waals surface area contributed by atoms with Crippen LogP contribution in [0.5, 0.6) is 11.5 Å². The fourth-order valence-electron chi connectivity index (χ4n) is 4.36. The van der Waals surface area contributed by atoms with Crippen molar-refractivity contribution in [3.63, 3.8) is 0 Å². The molecule has 0 saturated carbocycles. The highest BCUT2D eigenvalue weighted by atomic mass is 16.5. The van der Waals surface area contributed by atoms with Gasteiger partial charge in [0.25, 0.3) is 0 Å². The van der Waals surface area contributed by atoms with Crippen LogP contribution in [0.2, 0.25) is 0 Å². The van der Waals surface area contributed by atoms with E-state index in [1.54, 1.807) is 12.1 Å². The summed E-state index contributed by atoms with van der Waals surface area (Å²) in [7, 11) is 0. The number of benzene rings is 4. The third-order valence-corrected chi connectivity index (χ3v) is 6.37. The number of aliphatic hydroxyl groups is 1. The van der Waals surface area contributed by atoms with Crippen LogP contribution in [-0.2, 0) is 11.2 Å².